The van der Waals surface area contributed by atoms with E-state index in [-0.39, 0.29) is 11.9 Å². The second-order valence-corrected chi connectivity index (χ2v) is 4.89. The van der Waals surface area contributed by atoms with Crippen LogP contribution in [0.25, 0.3) is 0 Å². The lowest BCUT2D eigenvalue weighted by molar-refractivity contribution is -0.134. The highest BCUT2D eigenvalue weighted by Crippen LogP contribution is 2.26. The minimum atomic E-state index is -0.313. The van der Waals surface area contributed by atoms with Gasteiger partial charge in [0.1, 0.15) is 0 Å². The predicted molar refractivity (Wildman–Crippen MR) is 62.5 cm³/mol. The molecule has 3 heteroatoms. The van der Waals surface area contributed by atoms with E-state index in [4.69, 9.17) is 5.73 Å². The highest BCUT2D eigenvalue weighted by Gasteiger charge is 2.27. The zero-order valence-electron chi connectivity index (χ0n) is 10.2. The number of nitrogens with two attached hydrogens (primary N) is 1. The molecule has 1 rings (SSSR count). The molecule has 2 N–H and O–H groups in total. The van der Waals surface area contributed by atoms with Gasteiger partial charge in [-0.15, -0.1) is 0 Å². The van der Waals surface area contributed by atoms with Gasteiger partial charge in [-0.2, -0.15) is 0 Å². The molecule has 2 unspecified atom stereocenters. The summed E-state index contributed by atoms with van der Waals surface area (Å²) in [5.41, 5.74) is 5.77. The topological polar surface area (TPSA) is 46.3 Å². The highest BCUT2D eigenvalue weighted by molar-refractivity contribution is 5.81. The average molecular weight is 212 g/mol. The van der Waals surface area contributed by atoms with E-state index in [1.807, 2.05) is 18.9 Å². The molecule has 3 nitrogen and oxygen atoms in total. The number of hydrogen-bond acceptors (Lipinski definition) is 2. The largest absolute Gasteiger partial charge is 0.341 e. The lowest BCUT2D eigenvalue weighted by Crippen LogP contribution is -2.47. The normalized spacial score (nSPS) is 28.5. The van der Waals surface area contributed by atoms with Gasteiger partial charge in [0.15, 0.2) is 0 Å². The predicted octanol–water partition coefficient (Wildman–Crippen LogP) is 1.76. The van der Waals surface area contributed by atoms with Crippen LogP contribution in [0.1, 0.15) is 46.0 Å². The Kier molecular flexibility index (Phi) is 4.58. The minimum Gasteiger partial charge on any atom is -0.341 e. The summed E-state index contributed by atoms with van der Waals surface area (Å²) in [7, 11) is 1.90. The molecule has 3 atom stereocenters. The van der Waals surface area contributed by atoms with E-state index in [2.05, 4.69) is 6.92 Å². The molecule has 88 valence electrons. The maximum absolute atomic E-state index is 11.9. The quantitative estimate of drug-likeness (QED) is 0.775. The van der Waals surface area contributed by atoms with Gasteiger partial charge >= 0.3 is 0 Å². The summed E-state index contributed by atoms with van der Waals surface area (Å²) in [6, 6.07) is 0.103. The van der Waals surface area contributed by atoms with Crippen molar-refractivity contribution in [2.24, 2.45) is 11.7 Å². The molecule has 1 saturated carbocycles. The minimum absolute atomic E-state index is 0.108. The Morgan fingerprint density at radius 2 is 2.20 bits per heavy atom. The third-order valence-corrected chi connectivity index (χ3v) is 3.56. The SMILES string of the molecule is CC[C@@H](N)C(=O)N(C)C1CCCC(C)C1. The molecule has 0 saturated heterocycles. The second kappa shape index (κ2) is 5.50. The molecule has 1 amide bonds. The maximum Gasteiger partial charge on any atom is 0.239 e. The summed E-state index contributed by atoms with van der Waals surface area (Å²) in [5, 5.41) is 0. The van der Waals surface area contributed by atoms with Gasteiger partial charge < -0.3 is 10.6 Å². The van der Waals surface area contributed by atoms with Gasteiger partial charge in [-0.3, -0.25) is 4.79 Å². The zero-order valence-corrected chi connectivity index (χ0v) is 10.2. The van der Waals surface area contributed by atoms with Gasteiger partial charge in [0.05, 0.1) is 6.04 Å². The lowest BCUT2D eigenvalue weighted by atomic mass is 9.86. The first-order valence-electron chi connectivity index (χ1n) is 6.08. The number of likely N-dealkylation sites (N-methyl/N-ethyl adjacent to an activating group) is 1. The summed E-state index contributed by atoms with van der Waals surface area (Å²) in [4.78, 5) is 13.8. The molecule has 1 aliphatic carbocycles. The fourth-order valence-electron chi connectivity index (χ4n) is 2.37. The number of hydrogen-bond donors (Lipinski definition) is 1. The first-order chi connectivity index (χ1) is 7.06. The Hall–Kier alpha value is -0.570. The van der Waals surface area contributed by atoms with E-state index in [1.54, 1.807) is 0 Å². The molecule has 0 heterocycles. The number of nitrogens with zero attached hydrogens (tertiary/aromatic N) is 1. The Morgan fingerprint density at radius 1 is 1.53 bits per heavy atom. The molecule has 0 spiro atoms. The van der Waals surface area contributed by atoms with E-state index in [0.29, 0.717) is 6.04 Å². The number of carbonyl (C=O) groups is 1. The van der Waals surface area contributed by atoms with Gasteiger partial charge in [0.2, 0.25) is 5.91 Å². The van der Waals surface area contributed by atoms with E-state index in [0.717, 1.165) is 25.2 Å². The van der Waals surface area contributed by atoms with Crippen molar-refractivity contribution in [1.29, 1.82) is 0 Å². The molecule has 1 fully saturated rings. The summed E-state index contributed by atoms with van der Waals surface area (Å²) in [6.07, 6.45) is 5.55. The molecule has 1 aliphatic rings. The average Bonchev–Trinajstić information content (AvgIpc) is 2.26. The van der Waals surface area contributed by atoms with Crippen LogP contribution in [0.2, 0.25) is 0 Å². The van der Waals surface area contributed by atoms with Crippen LogP contribution in [-0.2, 0) is 4.79 Å². The summed E-state index contributed by atoms with van der Waals surface area (Å²) in [5.74, 6) is 0.855. The highest BCUT2D eigenvalue weighted by atomic mass is 16.2. The fourth-order valence-corrected chi connectivity index (χ4v) is 2.37. The summed E-state index contributed by atoms with van der Waals surface area (Å²) in [6.45, 7) is 4.23. The Bertz CT molecular complexity index is 218. The molecule has 0 aliphatic heterocycles. The van der Waals surface area contributed by atoms with Crippen molar-refractivity contribution in [2.75, 3.05) is 7.05 Å². The standard InChI is InChI=1S/C12H24N2O/c1-4-11(13)12(15)14(3)10-7-5-6-9(2)8-10/h9-11H,4-8,13H2,1-3H3/t9?,10?,11-/m1/s1. The monoisotopic (exact) mass is 212 g/mol. The van der Waals surface area contributed by atoms with E-state index >= 15 is 0 Å². The third-order valence-electron chi connectivity index (χ3n) is 3.56. The van der Waals surface area contributed by atoms with Crippen LogP contribution in [0.5, 0.6) is 0 Å². The van der Waals surface area contributed by atoms with Crippen LogP contribution in [0, 0.1) is 5.92 Å². The van der Waals surface area contributed by atoms with Gasteiger partial charge in [-0.25, -0.2) is 0 Å². The van der Waals surface area contributed by atoms with Crippen molar-refractivity contribution in [2.45, 2.75) is 58.0 Å². The Labute approximate surface area is 93.0 Å². The van der Waals surface area contributed by atoms with Crippen molar-refractivity contribution in [3.05, 3.63) is 0 Å². The van der Waals surface area contributed by atoms with Crippen LogP contribution in [0.15, 0.2) is 0 Å². The third kappa shape index (κ3) is 3.20. The first kappa shape index (κ1) is 12.5. The number of carbonyl (C=O) groups excluding carboxylic acids is 1. The lowest BCUT2D eigenvalue weighted by Gasteiger charge is -2.35. The maximum atomic E-state index is 11.9. The van der Waals surface area contributed by atoms with Crippen molar-refractivity contribution >= 4 is 5.91 Å². The van der Waals surface area contributed by atoms with Gasteiger partial charge in [0.25, 0.3) is 0 Å². The number of amides is 1. The van der Waals surface area contributed by atoms with Crippen LogP contribution in [-0.4, -0.2) is 29.9 Å². The van der Waals surface area contributed by atoms with Crippen molar-refractivity contribution in [3.63, 3.8) is 0 Å². The van der Waals surface area contributed by atoms with E-state index in [9.17, 15) is 4.79 Å². The van der Waals surface area contributed by atoms with Crippen LogP contribution in [0.4, 0.5) is 0 Å². The molecule has 0 aromatic heterocycles. The Balaban J connectivity index is 2.51. The zero-order chi connectivity index (χ0) is 11.4. The second-order valence-electron chi connectivity index (χ2n) is 4.89. The Morgan fingerprint density at radius 3 is 2.73 bits per heavy atom. The van der Waals surface area contributed by atoms with Crippen molar-refractivity contribution in [1.82, 2.24) is 4.90 Å². The van der Waals surface area contributed by atoms with E-state index < -0.39 is 0 Å². The van der Waals surface area contributed by atoms with Gasteiger partial charge in [0, 0.05) is 13.1 Å². The first-order valence-corrected chi connectivity index (χ1v) is 6.08. The molecule has 0 bridgehead atoms. The van der Waals surface area contributed by atoms with E-state index in [1.165, 1.54) is 12.8 Å². The van der Waals surface area contributed by atoms with Gasteiger partial charge in [-0.1, -0.05) is 26.7 Å². The van der Waals surface area contributed by atoms with Gasteiger partial charge in [-0.05, 0) is 25.2 Å². The molecule has 0 aromatic carbocycles. The van der Waals surface area contributed by atoms with Crippen LogP contribution < -0.4 is 5.73 Å². The molecule has 0 radical (unpaired) electrons. The smallest absolute Gasteiger partial charge is 0.239 e. The van der Waals surface area contributed by atoms with Crippen molar-refractivity contribution in [3.8, 4) is 0 Å². The van der Waals surface area contributed by atoms with Crippen LogP contribution in [0.3, 0.4) is 0 Å². The van der Waals surface area contributed by atoms with Crippen molar-refractivity contribution < 1.29 is 4.79 Å². The fraction of sp³-hybridized carbons (Fsp3) is 0.917. The van der Waals surface area contributed by atoms with Crippen LogP contribution >= 0.6 is 0 Å². The summed E-state index contributed by atoms with van der Waals surface area (Å²) < 4.78 is 0. The number of rotatable bonds is 3. The molecular formula is C12H24N2O. The molecule has 0 aromatic rings. The molecule has 15 heavy (non-hydrogen) atoms. The summed E-state index contributed by atoms with van der Waals surface area (Å²) >= 11 is 0. The molecular weight excluding hydrogens is 188 g/mol.